The molecule has 2 nitrogen and oxygen atoms in total. The molecule has 1 saturated heterocycles. The first kappa shape index (κ1) is 11.0. The van der Waals surface area contributed by atoms with E-state index in [1.165, 1.54) is 19.3 Å². The maximum absolute atomic E-state index is 9.13. The Morgan fingerprint density at radius 1 is 1.38 bits per heavy atom. The van der Waals surface area contributed by atoms with Crippen molar-refractivity contribution < 1.29 is 9.84 Å². The zero-order valence-electron chi connectivity index (χ0n) is 8.83. The highest BCUT2D eigenvalue weighted by atomic mass is 16.5. The van der Waals surface area contributed by atoms with Gasteiger partial charge in [0.05, 0.1) is 12.2 Å². The summed E-state index contributed by atoms with van der Waals surface area (Å²) in [6, 6.07) is 0. The predicted molar refractivity (Wildman–Crippen MR) is 53.7 cm³/mol. The molecule has 0 aromatic rings. The van der Waals surface area contributed by atoms with Crippen LogP contribution in [0.4, 0.5) is 0 Å². The van der Waals surface area contributed by atoms with Gasteiger partial charge in [-0.25, -0.2) is 0 Å². The van der Waals surface area contributed by atoms with Gasteiger partial charge in [0, 0.05) is 6.61 Å². The third kappa shape index (κ3) is 4.63. The molecule has 3 atom stereocenters. The maximum Gasteiger partial charge on any atom is 0.0578 e. The molecule has 2 heteroatoms. The summed E-state index contributed by atoms with van der Waals surface area (Å²) in [6.45, 7) is 5.07. The molecule has 0 spiro atoms. The van der Waals surface area contributed by atoms with Crippen molar-refractivity contribution in [3.63, 3.8) is 0 Å². The third-order valence-electron chi connectivity index (χ3n) is 2.77. The van der Waals surface area contributed by atoms with E-state index in [1.54, 1.807) is 0 Å². The number of aliphatic hydroxyl groups is 1. The minimum Gasteiger partial charge on any atom is -0.393 e. The zero-order chi connectivity index (χ0) is 9.68. The van der Waals surface area contributed by atoms with Gasteiger partial charge in [-0.2, -0.15) is 0 Å². The second kappa shape index (κ2) is 5.61. The summed E-state index contributed by atoms with van der Waals surface area (Å²) in [4.78, 5) is 0. The van der Waals surface area contributed by atoms with E-state index < -0.39 is 0 Å². The molecule has 0 bridgehead atoms. The number of ether oxygens (including phenoxy) is 1. The zero-order valence-corrected chi connectivity index (χ0v) is 8.83. The van der Waals surface area contributed by atoms with Gasteiger partial charge in [-0.15, -0.1) is 0 Å². The summed E-state index contributed by atoms with van der Waals surface area (Å²) in [5.41, 5.74) is 0. The minimum atomic E-state index is -0.146. The van der Waals surface area contributed by atoms with Crippen molar-refractivity contribution in [2.24, 2.45) is 5.92 Å². The average molecular weight is 186 g/mol. The van der Waals surface area contributed by atoms with Crippen LogP contribution >= 0.6 is 0 Å². The molecule has 0 aliphatic carbocycles. The summed E-state index contributed by atoms with van der Waals surface area (Å²) < 4.78 is 5.57. The average Bonchev–Trinajstić information content (AvgIpc) is 2.53. The van der Waals surface area contributed by atoms with E-state index in [4.69, 9.17) is 9.84 Å². The Labute approximate surface area is 81.3 Å². The molecule has 0 amide bonds. The minimum absolute atomic E-state index is 0.146. The Morgan fingerprint density at radius 2 is 2.15 bits per heavy atom. The van der Waals surface area contributed by atoms with Crippen molar-refractivity contribution in [1.29, 1.82) is 0 Å². The van der Waals surface area contributed by atoms with Crippen LogP contribution < -0.4 is 0 Å². The van der Waals surface area contributed by atoms with Gasteiger partial charge in [0.15, 0.2) is 0 Å². The Balaban J connectivity index is 2.05. The van der Waals surface area contributed by atoms with Gasteiger partial charge in [-0.05, 0) is 44.9 Å². The lowest BCUT2D eigenvalue weighted by molar-refractivity contribution is 0.0871. The highest BCUT2D eigenvalue weighted by Crippen LogP contribution is 2.22. The first-order valence-corrected chi connectivity index (χ1v) is 5.48. The smallest absolute Gasteiger partial charge is 0.0578 e. The van der Waals surface area contributed by atoms with E-state index in [1.807, 2.05) is 6.92 Å². The molecule has 13 heavy (non-hydrogen) atoms. The number of aliphatic hydroxyl groups excluding tert-OH is 1. The fourth-order valence-corrected chi connectivity index (χ4v) is 1.92. The fourth-order valence-electron chi connectivity index (χ4n) is 1.92. The maximum atomic E-state index is 9.13. The highest BCUT2D eigenvalue weighted by Gasteiger charge is 2.18. The third-order valence-corrected chi connectivity index (χ3v) is 2.77. The van der Waals surface area contributed by atoms with E-state index in [0.717, 1.165) is 19.4 Å². The number of hydrogen-bond acceptors (Lipinski definition) is 2. The quantitative estimate of drug-likeness (QED) is 0.714. The summed E-state index contributed by atoms with van der Waals surface area (Å²) in [7, 11) is 0. The van der Waals surface area contributed by atoms with Crippen LogP contribution in [-0.4, -0.2) is 23.9 Å². The van der Waals surface area contributed by atoms with Crippen molar-refractivity contribution in [2.75, 3.05) is 6.61 Å². The molecule has 1 heterocycles. The van der Waals surface area contributed by atoms with E-state index >= 15 is 0 Å². The number of rotatable bonds is 5. The van der Waals surface area contributed by atoms with Crippen LogP contribution in [0.3, 0.4) is 0 Å². The summed E-state index contributed by atoms with van der Waals surface area (Å²) in [6.07, 6.45) is 6.04. The summed E-state index contributed by atoms with van der Waals surface area (Å²) in [5.74, 6) is 0.692. The van der Waals surface area contributed by atoms with E-state index in [0.29, 0.717) is 12.0 Å². The SMILES string of the molecule is C[C@H](CC[C@@H](C)O)C[C@@H]1CCCO1. The van der Waals surface area contributed by atoms with Crippen LogP contribution in [0, 0.1) is 5.92 Å². The molecule has 1 fully saturated rings. The second-order valence-corrected chi connectivity index (χ2v) is 4.40. The van der Waals surface area contributed by atoms with Crippen LogP contribution in [0.2, 0.25) is 0 Å². The van der Waals surface area contributed by atoms with Crippen LogP contribution in [0.25, 0.3) is 0 Å². The molecule has 1 rings (SSSR count). The molecule has 1 aliphatic rings. The molecule has 0 aromatic carbocycles. The van der Waals surface area contributed by atoms with Gasteiger partial charge in [0.25, 0.3) is 0 Å². The molecule has 78 valence electrons. The van der Waals surface area contributed by atoms with Crippen LogP contribution in [0.15, 0.2) is 0 Å². The van der Waals surface area contributed by atoms with Gasteiger partial charge in [-0.3, -0.25) is 0 Å². The largest absolute Gasteiger partial charge is 0.393 e. The Morgan fingerprint density at radius 3 is 2.69 bits per heavy atom. The molecular formula is C11H22O2. The molecule has 0 unspecified atom stereocenters. The van der Waals surface area contributed by atoms with E-state index in [-0.39, 0.29) is 6.10 Å². The first-order chi connectivity index (χ1) is 6.18. The molecule has 0 aromatic heterocycles. The van der Waals surface area contributed by atoms with Crippen LogP contribution in [0.1, 0.15) is 46.0 Å². The highest BCUT2D eigenvalue weighted by molar-refractivity contribution is 4.68. The summed E-state index contributed by atoms with van der Waals surface area (Å²) >= 11 is 0. The Kier molecular flexibility index (Phi) is 4.74. The Hall–Kier alpha value is -0.0800. The lowest BCUT2D eigenvalue weighted by Crippen LogP contribution is -2.12. The molecule has 0 radical (unpaired) electrons. The van der Waals surface area contributed by atoms with Crippen molar-refractivity contribution >= 4 is 0 Å². The van der Waals surface area contributed by atoms with Gasteiger partial charge in [0.2, 0.25) is 0 Å². The van der Waals surface area contributed by atoms with Crippen molar-refractivity contribution in [3.05, 3.63) is 0 Å². The summed E-state index contributed by atoms with van der Waals surface area (Å²) in [5, 5.41) is 9.13. The van der Waals surface area contributed by atoms with Crippen LogP contribution in [0.5, 0.6) is 0 Å². The standard InChI is InChI=1S/C11H22O2/c1-9(5-6-10(2)12)8-11-4-3-7-13-11/h9-12H,3-8H2,1-2H3/t9-,10-,11+/m1/s1. The molecule has 1 aliphatic heterocycles. The Bertz CT molecular complexity index is 128. The molecular weight excluding hydrogens is 164 g/mol. The fraction of sp³-hybridized carbons (Fsp3) is 1.00. The lowest BCUT2D eigenvalue weighted by atomic mass is 9.96. The van der Waals surface area contributed by atoms with Gasteiger partial charge < -0.3 is 9.84 Å². The van der Waals surface area contributed by atoms with Crippen molar-refractivity contribution in [3.8, 4) is 0 Å². The van der Waals surface area contributed by atoms with Crippen LogP contribution in [-0.2, 0) is 4.74 Å². The predicted octanol–water partition coefficient (Wildman–Crippen LogP) is 2.35. The topological polar surface area (TPSA) is 29.5 Å². The van der Waals surface area contributed by atoms with Gasteiger partial charge in [0.1, 0.15) is 0 Å². The monoisotopic (exact) mass is 186 g/mol. The van der Waals surface area contributed by atoms with Gasteiger partial charge in [-0.1, -0.05) is 6.92 Å². The second-order valence-electron chi connectivity index (χ2n) is 4.40. The number of hydrogen-bond donors (Lipinski definition) is 1. The normalized spacial score (nSPS) is 27.5. The van der Waals surface area contributed by atoms with Crippen molar-refractivity contribution in [1.82, 2.24) is 0 Å². The van der Waals surface area contributed by atoms with E-state index in [9.17, 15) is 0 Å². The molecule has 1 N–H and O–H groups in total. The first-order valence-electron chi connectivity index (χ1n) is 5.48. The molecule has 0 saturated carbocycles. The van der Waals surface area contributed by atoms with Crippen molar-refractivity contribution in [2.45, 2.75) is 58.2 Å². The van der Waals surface area contributed by atoms with Gasteiger partial charge >= 0.3 is 0 Å². The van der Waals surface area contributed by atoms with E-state index in [2.05, 4.69) is 6.92 Å². The lowest BCUT2D eigenvalue weighted by Gasteiger charge is -2.16.